The number of hydrogen-bond acceptors (Lipinski definition) is 6. The standard InChI is InChI=1S/C15H17N3O5S/c1-8-12(14(19)23-9-4-2-3-5-9)13(17-15(20)16-8)10-6-7-11(24-10)18(21)22/h6-7,9,13H,2-5H2,1H3,(H2,16,17,20). The van der Waals surface area contributed by atoms with E-state index in [1.165, 1.54) is 6.07 Å². The van der Waals surface area contributed by atoms with Crippen molar-refractivity contribution in [1.29, 1.82) is 0 Å². The number of ether oxygens (including phenoxy) is 1. The summed E-state index contributed by atoms with van der Waals surface area (Å²) in [4.78, 5) is 35.3. The Balaban J connectivity index is 1.89. The highest BCUT2D eigenvalue weighted by Gasteiger charge is 2.35. The molecule has 0 radical (unpaired) electrons. The number of nitrogens with one attached hydrogen (secondary N) is 2. The van der Waals surface area contributed by atoms with Crippen LogP contribution in [0.1, 0.15) is 43.5 Å². The number of nitrogens with zero attached hydrogens (tertiary/aromatic N) is 1. The molecule has 2 heterocycles. The predicted molar refractivity (Wildman–Crippen MR) is 86.4 cm³/mol. The minimum Gasteiger partial charge on any atom is -0.459 e. The molecular formula is C15H17N3O5S. The zero-order valence-electron chi connectivity index (χ0n) is 13.0. The highest BCUT2D eigenvalue weighted by molar-refractivity contribution is 7.15. The van der Waals surface area contributed by atoms with Crippen molar-refractivity contribution < 1.29 is 19.2 Å². The van der Waals surface area contributed by atoms with Crippen LogP contribution >= 0.6 is 11.3 Å². The molecule has 8 nitrogen and oxygen atoms in total. The number of urea groups is 1. The summed E-state index contributed by atoms with van der Waals surface area (Å²) in [6, 6.07) is 1.72. The maximum absolute atomic E-state index is 12.6. The van der Waals surface area contributed by atoms with Crippen molar-refractivity contribution in [3.8, 4) is 0 Å². The molecule has 2 N–H and O–H groups in total. The first-order valence-corrected chi connectivity index (χ1v) is 8.50. The van der Waals surface area contributed by atoms with E-state index in [1.807, 2.05) is 0 Å². The molecule has 0 aromatic carbocycles. The maximum Gasteiger partial charge on any atom is 0.338 e. The first-order valence-electron chi connectivity index (χ1n) is 7.69. The van der Waals surface area contributed by atoms with Crippen molar-refractivity contribution in [1.82, 2.24) is 10.6 Å². The number of rotatable bonds is 4. The fourth-order valence-electron chi connectivity index (χ4n) is 2.99. The Morgan fingerprint density at radius 3 is 2.71 bits per heavy atom. The van der Waals surface area contributed by atoms with Gasteiger partial charge in [-0.05, 0) is 38.7 Å². The Morgan fingerprint density at radius 2 is 2.08 bits per heavy atom. The van der Waals surface area contributed by atoms with E-state index in [4.69, 9.17) is 4.74 Å². The van der Waals surface area contributed by atoms with Gasteiger partial charge >= 0.3 is 17.0 Å². The third-order valence-corrected chi connectivity index (χ3v) is 5.24. The van der Waals surface area contributed by atoms with Crippen molar-refractivity contribution in [3.05, 3.63) is 38.4 Å². The van der Waals surface area contributed by atoms with Gasteiger partial charge in [0.2, 0.25) is 0 Å². The van der Waals surface area contributed by atoms with E-state index >= 15 is 0 Å². The molecule has 2 amide bonds. The van der Waals surface area contributed by atoms with Crippen LogP contribution in [0.2, 0.25) is 0 Å². The summed E-state index contributed by atoms with van der Waals surface area (Å²) in [6.45, 7) is 1.62. The largest absolute Gasteiger partial charge is 0.459 e. The van der Waals surface area contributed by atoms with E-state index in [-0.39, 0.29) is 11.1 Å². The van der Waals surface area contributed by atoms with Crippen LogP contribution < -0.4 is 10.6 Å². The number of nitro groups is 1. The van der Waals surface area contributed by atoms with Crippen LogP contribution in [-0.2, 0) is 9.53 Å². The van der Waals surface area contributed by atoms with E-state index < -0.39 is 23.0 Å². The van der Waals surface area contributed by atoms with Gasteiger partial charge in [0.25, 0.3) is 0 Å². The second-order valence-corrected chi connectivity index (χ2v) is 6.91. The molecule has 0 saturated heterocycles. The van der Waals surface area contributed by atoms with Crippen LogP contribution in [0.5, 0.6) is 0 Å². The van der Waals surface area contributed by atoms with E-state index in [2.05, 4.69) is 10.6 Å². The summed E-state index contributed by atoms with van der Waals surface area (Å²) in [6.07, 6.45) is 3.64. The van der Waals surface area contributed by atoms with Crippen LogP contribution in [-0.4, -0.2) is 23.0 Å². The summed E-state index contributed by atoms with van der Waals surface area (Å²) in [5.74, 6) is -0.493. The molecule has 1 aliphatic heterocycles. The fraction of sp³-hybridized carbons (Fsp3) is 0.467. The van der Waals surface area contributed by atoms with Gasteiger partial charge in [-0.25, -0.2) is 9.59 Å². The fourth-order valence-corrected chi connectivity index (χ4v) is 3.88. The molecule has 1 aromatic heterocycles. The van der Waals surface area contributed by atoms with Gasteiger partial charge in [-0.15, -0.1) is 0 Å². The second-order valence-electron chi connectivity index (χ2n) is 5.82. The third-order valence-electron chi connectivity index (χ3n) is 4.14. The average Bonchev–Trinajstić information content (AvgIpc) is 3.17. The van der Waals surface area contributed by atoms with E-state index in [0.717, 1.165) is 37.0 Å². The molecule has 3 rings (SSSR count). The Morgan fingerprint density at radius 1 is 1.38 bits per heavy atom. The number of carbonyl (C=O) groups is 2. The molecule has 1 aliphatic carbocycles. The number of hydrogen-bond donors (Lipinski definition) is 2. The molecule has 1 fully saturated rings. The van der Waals surface area contributed by atoms with Gasteiger partial charge in [0.15, 0.2) is 0 Å². The lowest BCUT2D eigenvalue weighted by atomic mass is 10.0. The van der Waals surface area contributed by atoms with Crippen molar-refractivity contribution in [3.63, 3.8) is 0 Å². The van der Waals surface area contributed by atoms with Gasteiger partial charge in [0.1, 0.15) is 6.10 Å². The topological polar surface area (TPSA) is 111 Å². The van der Waals surface area contributed by atoms with E-state index in [9.17, 15) is 19.7 Å². The molecule has 0 bridgehead atoms. The number of esters is 1. The molecule has 1 aromatic rings. The Labute approximate surface area is 142 Å². The highest BCUT2D eigenvalue weighted by atomic mass is 32.1. The molecule has 1 saturated carbocycles. The number of allylic oxidation sites excluding steroid dienone is 1. The zero-order valence-corrected chi connectivity index (χ0v) is 13.9. The predicted octanol–water partition coefficient (Wildman–Crippen LogP) is 2.77. The van der Waals surface area contributed by atoms with Crippen LogP contribution in [0.4, 0.5) is 9.80 Å². The van der Waals surface area contributed by atoms with Crippen LogP contribution in [0.15, 0.2) is 23.4 Å². The zero-order chi connectivity index (χ0) is 17.3. The lowest BCUT2D eigenvalue weighted by Gasteiger charge is -2.27. The van der Waals surface area contributed by atoms with E-state index in [0.29, 0.717) is 16.1 Å². The molecular weight excluding hydrogens is 334 g/mol. The summed E-state index contributed by atoms with van der Waals surface area (Å²) < 4.78 is 5.55. The quantitative estimate of drug-likeness (QED) is 0.492. The molecule has 128 valence electrons. The second kappa shape index (κ2) is 6.60. The molecule has 24 heavy (non-hydrogen) atoms. The van der Waals surface area contributed by atoms with Crippen molar-refractivity contribution in [2.24, 2.45) is 0 Å². The van der Waals surface area contributed by atoms with Crippen molar-refractivity contribution >= 4 is 28.3 Å². The minimum absolute atomic E-state index is 0.0426. The average molecular weight is 351 g/mol. The SMILES string of the molecule is CC1=C(C(=O)OC2CCCC2)C(c2ccc([N+](=O)[O-])s2)NC(=O)N1. The smallest absolute Gasteiger partial charge is 0.338 e. The Hall–Kier alpha value is -2.42. The lowest BCUT2D eigenvalue weighted by Crippen LogP contribution is -2.45. The number of thiophene rings is 1. The van der Waals surface area contributed by atoms with Gasteiger partial charge in [-0.1, -0.05) is 11.3 Å². The van der Waals surface area contributed by atoms with E-state index in [1.54, 1.807) is 13.0 Å². The summed E-state index contributed by atoms with van der Waals surface area (Å²) in [5.41, 5.74) is 0.695. The molecule has 9 heteroatoms. The lowest BCUT2D eigenvalue weighted by molar-refractivity contribution is -0.380. The first kappa shape index (κ1) is 16.4. The van der Waals surface area contributed by atoms with Crippen LogP contribution in [0.25, 0.3) is 0 Å². The Kier molecular flexibility index (Phi) is 4.52. The first-order chi connectivity index (χ1) is 11.5. The van der Waals surface area contributed by atoms with Gasteiger partial charge in [0, 0.05) is 16.6 Å². The summed E-state index contributed by atoms with van der Waals surface area (Å²) in [5, 5.41) is 16.1. The number of amides is 2. The molecule has 0 spiro atoms. The molecule has 1 unspecified atom stereocenters. The van der Waals surface area contributed by atoms with Gasteiger partial charge in [-0.2, -0.15) is 0 Å². The monoisotopic (exact) mass is 351 g/mol. The van der Waals surface area contributed by atoms with Crippen LogP contribution in [0.3, 0.4) is 0 Å². The van der Waals surface area contributed by atoms with Gasteiger partial charge < -0.3 is 15.4 Å². The third kappa shape index (κ3) is 3.25. The maximum atomic E-state index is 12.6. The van der Waals surface area contributed by atoms with Crippen LogP contribution in [0, 0.1) is 10.1 Å². The highest BCUT2D eigenvalue weighted by Crippen LogP contribution is 2.35. The molecule has 1 atom stereocenters. The van der Waals surface area contributed by atoms with Crippen molar-refractivity contribution in [2.75, 3.05) is 0 Å². The summed E-state index contributed by atoms with van der Waals surface area (Å²) >= 11 is 0.932. The Bertz CT molecular complexity index is 720. The minimum atomic E-state index is -0.744. The van der Waals surface area contributed by atoms with Crippen molar-refractivity contribution in [2.45, 2.75) is 44.8 Å². The normalized spacial score (nSPS) is 21.4. The molecule has 2 aliphatic rings. The van der Waals surface area contributed by atoms with Gasteiger partial charge in [-0.3, -0.25) is 10.1 Å². The van der Waals surface area contributed by atoms with Gasteiger partial charge in [0.05, 0.1) is 16.5 Å². The summed E-state index contributed by atoms with van der Waals surface area (Å²) in [7, 11) is 0. The number of carbonyl (C=O) groups excluding carboxylic acids is 2.